The fourth-order valence-electron chi connectivity index (χ4n) is 6.63. The number of hydrogen-bond acceptors (Lipinski definition) is 3. The van der Waals surface area contributed by atoms with Crippen molar-refractivity contribution >= 4 is 64.2 Å². The van der Waals surface area contributed by atoms with E-state index in [0.717, 1.165) is 45.6 Å². The molecule has 0 fully saturated rings. The Hall–Kier alpha value is -5.32. The molecule has 0 saturated carbocycles. The second-order valence-corrected chi connectivity index (χ2v) is 12.6. The van der Waals surface area contributed by atoms with Gasteiger partial charge in [0.25, 0.3) is 0 Å². The molecule has 208 valence electrons. The van der Waals surface area contributed by atoms with E-state index in [1.165, 1.54) is 47.6 Å². The van der Waals surface area contributed by atoms with Gasteiger partial charge in [-0.3, -0.25) is 4.57 Å². The van der Waals surface area contributed by atoms with E-state index >= 15 is 0 Å². The molecular weight excluding hydrogens is 555 g/mol. The fraction of sp³-hybridized carbons (Fsp3) is 0.0500. The van der Waals surface area contributed by atoms with Gasteiger partial charge in [-0.15, -0.1) is 11.3 Å². The van der Waals surface area contributed by atoms with Crippen molar-refractivity contribution in [2.75, 3.05) is 0 Å². The SMILES string of the molecule is Cc1ccc2c3cc(Cc4cccc5c4sc4ccccc45)ccc3n(-c3nc(-c4ccccc4)nc4ccccc34)c2c1. The van der Waals surface area contributed by atoms with E-state index in [9.17, 15) is 0 Å². The molecule has 3 heterocycles. The zero-order valence-electron chi connectivity index (χ0n) is 24.2. The van der Waals surface area contributed by atoms with Crippen LogP contribution in [0.2, 0.25) is 0 Å². The number of aryl methyl sites for hydroxylation is 1. The minimum Gasteiger partial charge on any atom is -0.293 e. The van der Waals surface area contributed by atoms with Crippen LogP contribution >= 0.6 is 11.3 Å². The molecule has 0 unspecified atom stereocenters. The summed E-state index contributed by atoms with van der Waals surface area (Å²) in [5.41, 5.74) is 8.15. The average molecular weight is 582 g/mol. The third-order valence-corrected chi connectivity index (χ3v) is 9.96. The molecule has 3 nitrogen and oxygen atoms in total. The Labute approximate surface area is 258 Å². The Morgan fingerprint density at radius 3 is 2.30 bits per heavy atom. The van der Waals surface area contributed by atoms with Crippen LogP contribution in [0.15, 0.2) is 133 Å². The summed E-state index contributed by atoms with van der Waals surface area (Å²) < 4.78 is 5.06. The number of nitrogens with zero attached hydrogens (tertiary/aromatic N) is 3. The number of benzene rings is 6. The second-order valence-electron chi connectivity index (χ2n) is 11.5. The molecule has 0 aliphatic rings. The van der Waals surface area contributed by atoms with Gasteiger partial charge in [-0.05, 0) is 66.4 Å². The first-order valence-electron chi connectivity index (χ1n) is 15.0. The van der Waals surface area contributed by atoms with Crippen LogP contribution in [0.1, 0.15) is 16.7 Å². The molecular formula is C40H27N3S. The van der Waals surface area contributed by atoms with Crippen LogP contribution in [0.5, 0.6) is 0 Å². The molecule has 0 amide bonds. The summed E-state index contributed by atoms with van der Waals surface area (Å²) in [5, 5.41) is 6.20. The Balaban J connectivity index is 1.26. The Bertz CT molecular complexity index is 2540. The van der Waals surface area contributed by atoms with Crippen molar-refractivity contribution < 1.29 is 0 Å². The number of thiophene rings is 1. The highest BCUT2D eigenvalue weighted by atomic mass is 32.1. The van der Waals surface area contributed by atoms with Gasteiger partial charge in [-0.1, -0.05) is 97.1 Å². The van der Waals surface area contributed by atoms with Crippen molar-refractivity contribution in [3.63, 3.8) is 0 Å². The van der Waals surface area contributed by atoms with E-state index in [4.69, 9.17) is 9.97 Å². The summed E-state index contributed by atoms with van der Waals surface area (Å²) in [6.07, 6.45) is 0.882. The molecule has 0 bridgehead atoms. The highest BCUT2D eigenvalue weighted by Crippen LogP contribution is 2.38. The molecule has 0 atom stereocenters. The second kappa shape index (κ2) is 9.87. The van der Waals surface area contributed by atoms with E-state index in [0.29, 0.717) is 0 Å². The molecule has 0 aliphatic carbocycles. The molecule has 0 radical (unpaired) electrons. The summed E-state index contributed by atoms with van der Waals surface area (Å²) >= 11 is 1.90. The highest BCUT2D eigenvalue weighted by molar-refractivity contribution is 7.26. The Kier molecular flexibility index (Phi) is 5.65. The molecule has 44 heavy (non-hydrogen) atoms. The number of para-hydroxylation sites is 1. The minimum atomic E-state index is 0.731. The predicted molar refractivity (Wildman–Crippen MR) is 186 cm³/mol. The van der Waals surface area contributed by atoms with Gasteiger partial charge in [0.2, 0.25) is 0 Å². The van der Waals surface area contributed by atoms with Crippen molar-refractivity contribution in [3.05, 3.63) is 150 Å². The lowest BCUT2D eigenvalue weighted by Gasteiger charge is -2.13. The molecule has 0 spiro atoms. The van der Waals surface area contributed by atoms with Crippen molar-refractivity contribution in [2.24, 2.45) is 0 Å². The molecule has 0 N–H and O–H groups in total. The van der Waals surface area contributed by atoms with Crippen LogP contribution in [-0.4, -0.2) is 14.5 Å². The van der Waals surface area contributed by atoms with Crippen LogP contribution in [0.4, 0.5) is 0 Å². The van der Waals surface area contributed by atoms with Gasteiger partial charge in [0.1, 0.15) is 5.82 Å². The summed E-state index contributed by atoms with van der Waals surface area (Å²) in [6.45, 7) is 2.16. The van der Waals surface area contributed by atoms with E-state index in [-0.39, 0.29) is 0 Å². The molecule has 0 saturated heterocycles. The molecule has 9 rings (SSSR count). The Morgan fingerprint density at radius 2 is 1.39 bits per heavy atom. The van der Waals surface area contributed by atoms with Crippen molar-refractivity contribution in [1.29, 1.82) is 0 Å². The van der Waals surface area contributed by atoms with E-state index in [1.54, 1.807) is 0 Å². The first-order chi connectivity index (χ1) is 21.7. The van der Waals surface area contributed by atoms with Gasteiger partial charge < -0.3 is 0 Å². The normalized spacial score (nSPS) is 11.8. The Morgan fingerprint density at radius 1 is 0.591 bits per heavy atom. The number of aromatic nitrogens is 3. The van der Waals surface area contributed by atoms with E-state index in [1.807, 2.05) is 35.6 Å². The van der Waals surface area contributed by atoms with Crippen LogP contribution in [0, 0.1) is 6.92 Å². The summed E-state index contributed by atoms with van der Waals surface area (Å²) in [4.78, 5) is 10.2. The lowest BCUT2D eigenvalue weighted by atomic mass is 10.0. The quantitative estimate of drug-likeness (QED) is 0.207. The predicted octanol–water partition coefficient (Wildman–Crippen LogP) is 10.7. The van der Waals surface area contributed by atoms with Gasteiger partial charge in [0.15, 0.2) is 5.82 Å². The number of fused-ring (bicyclic) bond motifs is 7. The van der Waals surface area contributed by atoms with Gasteiger partial charge in [-0.25, -0.2) is 9.97 Å². The minimum absolute atomic E-state index is 0.731. The molecule has 4 heteroatoms. The monoisotopic (exact) mass is 581 g/mol. The zero-order valence-corrected chi connectivity index (χ0v) is 25.0. The van der Waals surface area contributed by atoms with Crippen molar-refractivity contribution in [2.45, 2.75) is 13.3 Å². The van der Waals surface area contributed by atoms with Crippen LogP contribution in [0.25, 0.3) is 70.1 Å². The largest absolute Gasteiger partial charge is 0.293 e. The third-order valence-electron chi connectivity index (χ3n) is 8.69. The molecule has 3 aromatic heterocycles. The first-order valence-corrected chi connectivity index (χ1v) is 15.8. The van der Waals surface area contributed by atoms with Gasteiger partial charge in [0, 0.05) is 41.9 Å². The lowest BCUT2D eigenvalue weighted by Crippen LogP contribution is -2.02. The maximum absolute atomic E-state index is 5.24. The maximum Gasteiger partial charge on any atom is 0.162 e. The van der Waals surface area contributed by atoms with Crippen LogP contribution < -0.4 is 0 Å². The van der Waals surface area contributed by atoms with Crippen molar-refractivity contribution in [1.82, 2.24) is 14.5 Å². The smallest absolute Gasteiger partial charge is 0.162 e. The molecule has 6 aromatic carbocycles. The highest BCUT2D eigenvalue weighted by Gasteiger charge is 2.18. The number of hydrogen-bond donors (Lipinski definition) is 0. The summed E-state index contributed by atoms with van der Waals surface area (Å²) in [7, 11) is 0. The van der Waals surface area contributed by atoms with E-state index in [2.05, 4.69) is 121 Å². The van der Waals surface area contributed by atoms with Crippen LogP contribution in [-0.2, 0) is 6.42 Å². The lowest BCUT2D eigenvalue weighted by molar-refractivity contribution is 1.07. The van der Waals surface area contributed by atoms with Gasteiger partial charge in [0.05, 0.1) is 16.6 Å². The molecule has 0 aliphatic heterocycles. The summed E-state index contributed by atoms with van der Waals surface area (Å²) in [5.74, 6) is 1.64. The summed E-state index contributed by atoms with van der Waals surface area (Å²) in [6, 6.07) is 47.8. The fourth-order valence-corrected chi connectivity index (χ4v) is 7.84. The van der Waals surface area contributed by atoms with Crippen LogP contribution in [0.3, 0.4) is 0 Å². The third kappa shape index (κ3) is 3.95. The number of rotatable bonds is 4. The first kappa shape index (κ1) is 25.2. The average Bonchev–Trinajstić information content (AvgIpc) is 3.60. The maximum atomic E-state index is 5.24. The van der Waals surface area contributed by atoms with E-state index < -0.39 is 0 Å². The topological polar surface area (TPSA) is 30.7 Å². The van der Waals surface area contributed by atoms with Gasteiger partial charge >= 0.3 is 0 Å². The van der Waals surface area contributed by atoms with Gasteiger partial charge in [-0.2, -0.15) is 0 Å². The van der Waals surface area contributed by atoms with Crippen molar-refractivity contribution in [3.8, 4) is 17.2 Å². The zero-order chi connectivity index (χ0) is 29.2. The molecule has 9 aromatic rings. The standard InChI is InChI=1S/C40H27N3S/c1-25-18-20-29-33-24-26(23-28-12-9-15-31-30-13-6-8-17-37(30)44-38(28)31)19-21-35(33)43(36(29)22-25)40-32-14-5-7-16-34(32)41-39(42-40)27-10-3-2-4-11-27/h2-22,24H,23H2,1H3.